The third-order valence-corrected chi connectivity index (χ3v) is 5.40. The maximum atomic E-state index is 13.2. The van der Waals surface area contributed by atoms with Gasteiger partial charge in [0.25, 0.3) is 5.69 Å². The number of carbonyl (C=O) groups is 1. The summed E-state index contributed by atoms with van der Waals surface area (Å²) >= 11 is 8.93. The third kappa shape index (κ3) is 4.00. The number of rotatable bonds is 5. The number of hydrogen-bond acceptors (Lipinski definition) is 4. The second-order valence-corrected chi connectivity index (χ2v) is 7.55. The Bertz CT molecular complexity index is 959. The fourth-order valence-corrected chi connectivity index (χ4v) is 3.67. The lowest BCUT2D eigenvalue weighted by Gasteiger charge is -2.16. The van der Waals surface area contributed by atoms with Crippen molar-refractivity contribution in [2.75, 3.05) is 5.32 Å². The minimum absolute atomic E-state index is 0.0112. The van der Waals surface area contributed by atoms with Gasteiger partial charge in [0.2, 0.25) is 5.91 Å². The van der Waals surface area contributed by atoms with Gasteiger partial charge < -0.3 is 5.32 Å². The summed E-state index contributed by atoms with van der Waals surface area (Å²) in [4.78, 5) is 22.9. The third-order valence-electron chi connectivity index (χ3n) is 4.28. The van der Waals surface area contributed by atoms with Crippen LogP contribution in [-0.4, -0.2) is 20.6 Å². The largest absolute Gasteiger partial charge is 0.436 e. The molecule has 1 fully saturated rings. The Labute approximate surface area is 170 Å². The van der Waals surface area contributed by atoms with Gasteiger partial charge in [-0.05, 0) is 41.8 Å². The van der Waals surface area contributed by atoms with E-state index in [0.29, 0.717) is 18.5 Å². The molecule has 1 atom stereocenters. The van der Waals surface area contributed by atoms with Gasteiger partial charge >= 0.3 is 6.18 Å². The number of nitro benzene ring substituents is 1. The molecule has 12 heteroatoms. The fraction of sp³-hybridized carbons (Fsp3) is 0.375. The van der Waals surface area contributed by atoms with Crippen LogP contribution in [0.15, 0.2) is 22.7 Å². The minimum Gasteiger partial charge on any atom is -0.323 e. The molecule has 0 spiro atoms. The summed E-state index contributed by atoms with van der Waals surface area (Å²) in [6.07, 6.45) is -3.27. The number of benzene rings is 1. The number of hydrogen-bond donors (Lipinski definition) is 1. The number of non-ortho nitro benzene ring substituents is 1. The summed E-state index contributed by atoms with van der Waals surface area (Å²) in [6.45, 7) is 1.39. The van der Waals surface area contributed by atoms with E-state index in [1.165, 1.54) is 19.1 Å². The SMILES string of the molecule is CC(C(=O)Nc1cc([N+](=O)[O-])ccc1Cl)n1nc(C(F)(F)F)c(Br)c1C1CC1. The van der Waals surface area contributed by atoms with Gasteiger partial charge in [0.1, 0.15) is 6.04 Å². The Balaban J connectivity index is 1.92. The van der Waals surface area contributed by atoms with Crippen molar-refractivity contribution in [3.63, 3.8) is 0 Å². The van der Waals surface area contributed by atoms with Gasteiger partial charge in [0.05, 0.1) is 25.8 Å². The maximum absolute atomic E-state index is 13.2. The van der Waals surface area contributed by atoms with E-state index in [1.807, 2.05) is 0 Å². The average molecular weight is 482 g/mol. The van der Waals surface area contributed by atoms with Crippen LogP contribution in [0.2, 0.25) is 5.02 Å². The van der Waals surface area contributed by atoms with E-state index in [2.05, 4.69) is 26.3 Å². The van der Waals surface area contributed by atoms with E-state index in [0.717, 1.165) is 10.7 Å². The number of aromatic nitrogens is 2. The number of halogens is 5. The molecule has 7 nitrogen and oxygen atoms in total. The molecule has 28 heavy (non-hydrogen) atoms. The first-order chi connectivity index (χ1) is 13.0. The summed E-state index contributed by atoms with van der Waals surface area (Å²) < 4.78 is 40.5. The summed E-state index contributed by atoms with van der Waals surface area (Å²) in [5, 5.41) is 17.0. The van der Waals surface area contributed by atoms with Crippen molar-refractivity contribution < 1.29 is 22.9 Å². The number of nitro groups is 1. The number of nitrogens with zero attached hydrogens (tertiary/aromatic N) is 3. The quantitative estimate of drug-likeness (QED) is 0.463. The molecular formula is C16H13BrClF3N4O3. The predicted octanol–water partition coefficient (Wildman–Crippen LogP) is 5.30. The molecule has 1 aromatic carbocycles. The Morgan fingerprint density at radius 2 is 2.11 bits per heavy atom. The molecule has 1 aliphatic carbocycles. The van der Waals surface area contributed by atoms with Gasteiger partial charge in [-0.3, -0.25) is 19.6 Å². The molecule has 150 valence electrons. The average Bonchev–Trinajstić information content (AvgIpc) is 3.37. The molecule has 1 N–H and O–H groups in total. The van der Waals surface area contributed by atoms with Crippen LogP contribution in [0.4, 0.5) is 24.5 Å². The molecular weight excluding hydrogens is 469 g/mol. The van der Waals surface area contributed by atoms with E-state index in [-0.39, 0.29) is 26.8 Å². The van der Waals surface area contributed by atoms with E-state index in [9.17, 15) is 28.1 Å². The van der Waals surface area contributed by atoms with E-state index < -0.39 is 28.7 Å². The minimum atomic E-state index is -4.67. The number of amides is 1. The standard InChI is InChI=1S/C16H13BrClF3N4O3/c1-7(15(26)22-11-6-9(25(27)28)4-5-10(11)18)24-13(8-2-3-8)12(17)14(23-24)16(19,20)21/h4-8H,2-3H2,1H3,(H,22,26). The number of alkyl halides is 3. The topological polar surface area (TPSA) is 90.1 Å². The number of anilines is 1. The Hall–Kier alpha value is -2.14. The van der Waals surface area contributed by atoms with Crippen LogP contribution in [0.3, 0.4) is 0 Å². The molecule has 2 aromatic rings. The summed E-state index contributed by atoms with van der Waals surface area (Å²) in [5.74, 6) is -0.817. The maximum Gasteiger partial charge on any atom is 0.436 e. The lowest BCUT2D eigenvalue weighted by atomic mass is 10.2. The second kappa shape index (κ2) is 7.36. The van der Waals surface area contributed by atoms with Crippen molar-refractivity contribution in [2.24, 2.45) is 0 Å². The van der Waals surface area contributed by atoms with Gasteiger partial charge in [-0.2, -0.15) is 18.3 Å². The molecule has 1 aliphatic rings. The van der Waals surface area contributed by atoms with Gasteiger partial charge in [-0.15, -0.1) is 0 Å². The second-order valence-electron chi connectivity index (χ2n) is 6.35. The molecule has 0 saturated heterocycles. The first-order valence-corrected chi connectivity index (χ1v) is 9.27. The molecule has 1 aromatic heterocycles. The van der Waals surface area contributed by atoms with Crippen LogP contribution in [-0.2, 0) is 11.0 Å². The van der Waals surface area contributed by atoms with Crippen LogP contribution in [0.25, 0.3) is 0 Å². The normalized spacial score (nSPS) is 15.4. The summed E-state index contributed by atoms with van der Waals surface area (Å²) in [7, 11) is 0. The fourth-order valence-electron chi connectivity index (χ4n) is 2.70. The molecule has 1 saturated carbocycles. The lowest BCUT2D eigenvalue weighted by molar-refractivity contribution is -0.384. The van der Waals surface area contributed by atoms with Crippen molar-refractivity contribution >= 4 is 44.8 Å². The van der Waals surface area contributed by atoms with Crippen LogP contribution in [0.1, 0.15) is 43.1 Å². The van der Waals surface area contributed by atoms with Crippen LogP contribution >= 0.6 is 27.5 Å². The van der Waals surface area contributed by atoms with Gasteiger partial charge in [0.15, 0.2) is 5.69 Å². The van der Waals surface area contributed by atoms with E-state index in [1.54, 1.807) is 0 Å². The Morgan fingerprint density at radius 1 is 1.46 bits per heavy atom. The molecule has 0 radical (unpaired) electrons. The highest BCUT2D eigenvalue weighted by molar-refractivity contribution is 9.10. The first kappa shape index (κ1) is 20.6. The highest BCUT2D eigenvalue weighted by atomic mass is 79.9. The molecule has 1 heterocycles. The van der Waals surface area contributed by atoms with E-state index >= 15 is 0 Å². The smallest absolute Gasteiger partial charge is 0.323 e. The van der Waals surface area contributed by atoms with Crippen molar-refractivity contribution in [2.45, 2.75) is 37.9 Å². The number of carbonyl (C=O) groups excluding carboxylic acids is 1. The molecule has 0 bridgehead atoms. The van der Waals surface area contributed by atoms with Crippen molar-refractivity contribution in [1.29, 1.82) is 0 Å². The summed E-state index contributed by atoms with van der Waals surface area (Å²) in [5.41, 5.74) is -1.09. The van der Waals surface area contributed by atoms with E-state index in [4.69, 9.17) is 11.6 Å². The highest BCUT2D eigenvalue weighted by Crippen LogP contribution is 2.47. The summed E-state index contributed by atoms with van der Waals surface area (Å²) in [6, 6.07) is 2.40. The lowest BCUT2D eigenvalue weighted by Crippen LogP contribution is -2.26. The predicted molar refractivity (Wildman–Crippen MR) is 98.4 cm³/mol. The number of nitrogens with one attached hydrogen (secondary N) is 1. The van der Waals surface area contributed by atoms with Crippen LogP contribution < -0.4 is 5.32 Å². The monoisotopic (exact) mass is 480 g/mol. The molecule has 0 aliphatic heterocycles. The molecule has 3 rings (SSSR count). The van der Waals surface area contributed by atoms with Crippen LogP contribution in [0, 0.1) is 10.1 Å². The Kier molecular flexibility index (Phi) is 5.41. The zero-order valence-corrected chi connectivity index (χ0v) is 16.6. The zero-order valence-electron chi connectivity index (χ0n) is 14.3. The first-order valence-electron chi connectivity index (χ1n) is 8.10. The van der Waals surface area contributed by atoms with Crippen molar-refractivity contribution in [3.8, 4) is 0 Å². The molecule has 1 unspecified atom stereocenters. The van der Waals surface area contributed by atoms with Gasteiger partial charge in [-0.25, -0.2) is 0 Å². The highest BCUT2D eigenvalue weighted by Gasteiger charge is 2.43. The molecule has 1 amide bonds. The van der Waals surface area contributed by atoms with Crippen LogP contribution in [0.5, 0.6) is 0 Å². The van der Waals surface area contributed by atoms with Crippen molar-refractivity contribution in [3.05, 3.63) is 49.2 Å². The van der Waals surface area contributed by atoms with Crippen molar-refractivity contribution in [1.82, 2.24) is 9.78 Å². The Morgan fingerprint density at radius 3 is 2.64 bits per heavy atom. The van der Waals surface area contributed by atoms with Gasteiger partial charge in [-0.1, -0.05) is 11.6 Å². The van der Waals surface area contributed by atoms with Gasteiger partial charge in [0, 0.05) is 18.1 Å². The zero-order chi connectivity index (χ0) is 20.8.